The summed E-state index contributed by atoms with van der Waals surface area (Å²) in [6.45, 7) is 7.37. The molecule has 0 aliphatic carbocycles. The smallest absolute Gasteiger partial charge is 0.0274 e. The second-order valence-corrected chi connectivity index (χ2v) is 5.78. The Morgan fingerprint density at radius 2 is 2.12 bits per heavy atom. The average molecular weight is 240 g/mol. The maximum atomic E-state index is 5.66. The molecule has 0 saturated carbocycles. The summed E-state index contributed by atoms with van der Waals surface area (Å²) < 4.78 is 0. The van der Waals surface area contributed by atoms with E-state index in [1.54, 1.807) is 0 Å². The summed E-state index contributed by atoms with van der Waals surface area (Å²) in [6.07, 6.45) is 3.93. The predicted molar refractivity (Wildman–Crippen MR) is 72.8 cm³/mol. The Kier molecular flexibility index (Phi) is 6.03. The van der Waals surface area contributed by atoms with E-state index in [9.17, 15) is 0 Å². The summed E-state index contributed by atoms with van der Waals surface area (Å²) in [5, 5.41) is 0. The molecule has 0 amide bonds. The fourth-order valence-corrected chi connectivity index (χ4v) is 2.78. The Balaban J connectivity index is 2.42. The highest BCUT2D eigenvalue weighted by atomic mass is 32.1. The van der Waals surface area contributed by atoms with Crippen LogP contribution >= 0.6 is 11.3 Å². The molecule has 0 fully saturated rings. The van der Waals surface area contributed by atoms with Gasteiger partial charge in [-0.05, 0) is 38.6 Å². The van der Waals surface area contributed by atoms with Gasteiger partial charge in [0.1, 0.15) is 0 Å². The van der Waals surface area contributed by atoms with Crippen LogP contribution < -0.4 is 5.73 Å². The number of rotatable bonds is 7. The Morgan fingerprint density at radius 3 is 2.69 bits per heavy atom. The molecular formula is C13H24N2S. The van der Waals surface area contributed by atoms with E-state index in [1.807, 2.05) is 11.3 Å². The van der Waals surface area contributed by atoms with Crippen LogP contribution in [0.2, 0.25) is 0 Å². The predicted octanol–water partition coefficient (Wildman–Crippen LogP) is 3.14. The van der Waals surface area contributed by atoms with E-state index >= 15 is 0 Å². The van der Waals surface area contributed by atoms with Crippen LogP contribution in [0.25, 0.3) is 0 Å². The molecule has 0 aliphatic rings. The molecule has 0 aliphatic heterocycles. The van der Waals surface area contributed by atoms with Crippen molar-refractivity contribution >= 4 is 11.3 Å². The van der Waals surface area contributed by atoms with Crippen LogP contribution in [0.3, 0.4) is 0 Å². The first-order valence-electron chi connectivity index (χ1n) is 6.14. The molecule has 0 unspecified atom stereocenters. The lowest BCUT2D eigenvalue weighted by Crippen LogP contribution is -2.19. The maximum absolute atomic E-state index is 5.66. The zero-order chi connectivity index (χ0) is 12.0. The molecule has 1 aromatic rings. The monoisotopic (exact) mass is 240 g/mol. The van der Waals surface area contributed by atoms with Gasteiger partial charge in [0, 0.05) is 22.8 Å². The SMILES string of the molecule is CCCCCN(C)Cc1cc(CN)sc1C. The molecule has 3 heteroatoms. The Hall–Kier alpha value is -0.380. The molecule has 1 heterocycles. The standard InChI is InChI=1S/C13H24N2S/c1-4-5-6-7-15(3)10-12-8-13(9-14)16-11(12)2/h8H,4-7,9-10,14H2,1-3H3. The highest BCUT2D eigenvalue weighted by Crippen LogP contribution is 2.22. The number of hydrogen-bond donors (Lipinski definition) is 1. The Morgan fingerprint density at radius 1 is 1.38 bits per heavy atom. The number of thiophene rings is 1. The van der Waals surface area contributed by atoms with E-state index in [1.165, 1.54) is 41.1 Å². The van der Waals surface area contributed by atoms with Crippen molar-refractivity contribution in [2.45, 2.75) is 46.2 Å². The largest absolute Gasteiger partial charge is 0.326 e. The van der Waals surface area contributed by atoms with E-state index in [0.717, 1.165) is 6.54 Å². The molecule has 2 nitrogen and oxygen atoms in total. The second-order valence-electron chi connectivity index (χ2n) is 4.44. The molecule has 0 saturated heterocycles. The van der Waals surface area contributed by atoms with Gasteiger partial charge in [-0.15, -0.1) is 11.3 Å². The summed E-state index contributed by atoms with van der Waals surface area (Å²) >= 11 is 1.83. The first-order valence-corrected chi connectivity index (χ1v) is 6.95. The average Bonchev–Trinajstić information content (AvgIpc) is 2.60. The van der Waals surface area contributed by atoms with Gasteiger partial charge in [-0.3, -0.25) is 0 Å². The minimum absolute atomic E-state index is 0.672. The van der Waals surface area contributed by atoms with Gasteiger partial charge in [0.15, 0.2) is 0 Å². The molecule has 1 aromatic heterocycles. The van der Waals surface area contributed by atoms with Crippen LogP contribution in [0, 0.1) is 6.92 Å². The van der Waals surface area contributed by atoms with Crippen molar-refractivity contribution in [3.63, 3.8) is 0 Å². The fourth-order valence-electron chi connectivity index (χ4n) is 1.85. The first-order chi connectivity index (χ1) is 7.67. The number of unbranched alkanes of at least 4 members (excludes halogenated alkanes) is 2. The quantitative estimate of drug-likeness (QED) is 0.742. The molecule has 0 radical (unpaired) electrons. The topological polar surface area (TPSA) is 29.3 Å². The van der Waals surface area contributed by atoms with Gasteiger partial charge in [-0.1, -0.05) is 19.8 Å². The maximum Gasteiger partial charge on any atom is 0.0274 e. The van der Waals surface area contributed by atoms with Crippen LogP contribution in [0.1, 0.15) is 41.5 Å². The highest BCUT2D eigenvalue weighted by Gasteiger charge is 2.07. The van der Waals surface area contributed by atoms with E-state index in [-0.39, 0.29) is 0 Å². The lowest BCUT2D eigenvalue weighted by molar-refractivity contribution is 0.318. The van der Waals surface area contributed by atoms with Crippen LogP contribution in [-0.4, -0.2) is 18.5 Å². The summed E-state index contributed by atoms with van der Waals surface area (Å²) in [6, 6.07) is 2.26. The summed E-state index contributed by atoms with van der Waals surface area (Å²) in [4.78, 5) is 5.13. The normalized spacial score (nSPS) is 11.3. The zero-order valence-electron chi connectivity index (χ0n) is 10.8. The van der Waals surface area contributed by atoms with E-state index in [2.05, 4.69) is 31.9 Å². The van der Waals surface area contributed by atoms with Crippen molar-refractivity contribution in [2.75, 3.05) is 13.6 Å². The van der Waals surface area contributed by atoms with Crippen molar-refractivity contribution < 1.29 is 0 Å². The Labute approximate surface area is 103 Å². The molecule has 2 N–H and O–H groups in total. The third-order valence-electron chi connectivity index (χ3n) is 2.86. The minimum atomic E-state index is 0.672. The van der Waals surface area contributed by atoms with Crippen molar-refractivity contribution in [2.24, 2.45) is 5.73 Å². The second kappa shape index (κ2) is 7.05. The summed E-state index contributed by atoms with van der Waals surface area (Å²) in [5.74, 6) is 0. The third-order valence-corrected chi connectivity index (χ3v) is 3.97. The molecule has 0 atom stereocenters. The molecule has 0 spiro atoms. The van der Waals surface area contributed by atoms with Gasteiger partial charge in [-0.2, -0.15) is 0 Å². The van der Waals surface area contributed by atoms with Crippen molar-refractivity contribution in [1.29, 1.82) is 0 Å². The van der Waals surface area contributed by atoms with Gasteiger partial charge >= 0.3 is 0 Å². The number of nitrogens with two attached hydrogens (primary N) is 1. The lowest BCUT2D eigenvalue weighted by atomic mass is 10.2. The molecule has 92 valence electrons. The van der Waals surface area contributed by atoms with Crippen molar-refractivity contribution in [3.05, 3.63) is 21.4 Å². The third kappa shape index (κ3) is 4.24. The molecule has 1 rings (SSSR count). The lowest BCUT2D eigenvalue weighted by Gasteiger charge is -2.16. The van der Waals surface area contributed by atoms with Crippen molar-refractivity contribution in [1.82, 2.24) is 4.90 Å². The van der Waals surface area contributed by atoms with E-state index in [0.29, 0.717) is 6.54 Å². The van der Waals surface area contributed by atoms with Crippen LogP contribution in [0.4, 0.5) is 0 Å². The van der Waals surface area contributed by atoms with Crippen LogP contribution in [0.5, 0.6) is 0 Å². The van der Waals surface area contributed by atoms with E-state index < -0.39 is 0 Å². The van der Waals surface area contributed by atoms with Gasteiger partial charge in [-0.25, -0.2) is 0 Å². The van der Waals surface area contributed by atoms with Gasteiger partial charge in [0.05, 0.1) is 0 Å². The molecule has 0 aromatic carbocycles. The molecule has 16 heavy (non-hydrogen) atoms. The minimum Gasteiger partial charge on any atom is -0.326 e. The van der Waals surface area contributed by atoms with Gasteiger partial charge < -0.3 is 10.6 Å². The Bertz CT molecular complexity index is 307. The number of nitrogens with zero attached hydrogens (tertiary/aromatic N) is 1. The first kappa shape index (κ1) is 13.7. The zero-order valence-corrected chi connectivity index (χ0v) is 11.6. The van der Waals surface area contributed by atoms with E-state index in [4.69, 9.17) is 5.73 Å². The van der Waals surface area contributed by atoms with Crippen molar-refractivity contribution in [3.8, 4) is 0 Å². The molecule has 0 bridgehead atoms. The highest BCUT2D eigenvalue weighted by molar-refractivity contribution is 7.12. The van der Waals surface area contributed by atoms with Gasteiger partial charge in [0.25, 0.3) is 0 Å². The number of aryl methyl sites for hydroxylation is 1. The number of hydrogen-bond acceptors (Lipinski definition) is 3. The van der Waals surface area contributed by atoms with Gasteiger partial charge in [0.2, 0.25) is 0 Å². The summed E-state index contributed by atoms with van der Waals surface area (Å²) in [7, 11) is 2.20. The summed E-state index contributed by atoms with van der Waals surface area (Å²) in [5.41, 5.74) is 7.11. The molecular weight excluding hydrogens is 216 g/mol. The van der Waals surface area contributed by atoms with Crippen LogP contribution in [-0.2, 0) is 13.1 Å². The van der Waals surface area contributed by atoms with Crippen LogP contribution in [0.15, 0.2) is 6.07 Å². The fraction of sp³-hybridized carbons (Fsp3) is 0.692.